The van der Waals surface area contributed by atoms with E-state index in [1.165, 1.54) is 18.2 Å². The van der Waals surface area contributed by atoms with Gasteiger partial charge in [-0.3, -0.25) is 9.59 Å². The van der Waals surface area contributed by atoms with Gasteiger partial charge >= 0.3 is 6.61 Å². The van der Waals surface area contributed by atoms with E-state index >= 15 is 0 Å². The highest BCUT2D eigenvalue weighted by Gasteiger charge is 2.31. The van der Waals surface area contributed by atoms with Crippen LogP contribution in [0.25, 0.3) is 0 Å². The fourth-order valence-corrected chi connectivity index (χ4v) is 3.36. The first-order valence-electron chi connectivity index (χ1n) is 8.75. The maximum Gasteiger partial charge on any atom is 0.387 e. The second-order valence-corrected chi connectivity index (χ2v) is 6.41. The van der Waals surface area contributed by atoms with Crippen LogP contribution in [0, 0.1) is 5.92 Å². The van der Waals surface area contributed by atoms with E-state index in [0.717, 1.165) is 0 Å². The molecule has 2 aliphatic rings. The molecule has 0 aromatic heterocycles. The van der Waals surface area contributed by atoms with Crippen molar-refractivity contribution in [2.75, 3.05) is 39.4 Å². The van der Waals surface area contributed by atoms with Crippen LogP contribution in [-0.4, -0.2) is 67.6 Å². The molecule has 1 aromatic rings. The SMILES string of the molecule is O=C(c1cccc(OC(F)F)c1)N1CCC(C(=O)N2CCOCC2)CC1. The maximum atomic E-state index is 12.6. The Hall–Kier alpha value is -2.22. The van der Waals surface area contributed by atoms with Crippen molar-refractivity contribution < 1.29 is 27.8 Å². The summed E-state index contributed by atoms with van der Waals surface area (Å²) in [6.45, 7) is 0.394. The summed E-state index contributed by atoms with van der Waals surface area (Å²) in [7, 11) is 0. The van der Waals surface area contributed by atoms with Crippen molar-refractivity contribution in [1.29, 1.82) is 0 Å². The van der Waals surface area contributed by atoms with Crippen LogP contribution in [0.5, 0.6) is 5.75 Å². The van der Waals surface area contributed by atoms with E-state index < -0.39 is 6.61 Å². The highest BCUT2D eigenvalue weighted by atomic mass is 19.3. The molecule has 2 saturated heterocycles. The third-order valence-electron chi connectivity index (χ3n) is 4.76. The Morgan fingerprint density at radius 2 is 1.77 bits per heavy atom. The zero-order valence-corrected chi connectivity index (χ0v) is 14.4. The van der Waals surface area contributed by atoms with Gasteiger partial charge in [-0.05, 0) is 31.0 Å². The van der Waals surface area contributed by atoms with Gasteiger partial charge in [0.05, 0.1) is 13.2 Å². The highest BCUT2D eigenvalue weighted by molar-refractivity contribution is 5.94. The van der Waals surface area contributed by atoms with Gasteiger partial charge in [-0.1, -0.05) is 6.07 Å². The summed E-state index contributed by atoms with van der Waals surface area (Å²) in [5.74, 6) is -0.219. The molecule has 0 aliphatic carbocycles. The smallest absolute Gasteiger partial charge is 0.387 e. The molecule has 8 heteroatoms. The number of halogens is 2. The Kier molecular flexibility index (Phi) is 6.03. The topological polar surface area (TPSA) is 59.1 Å². The first-order chi connectivity index (χ1) is 12.5. The summed E-state index contributed by atoms with van der Waals surface area (Å²) in [6, 6.07) is 5.79. The second kappa shape index (κ2) is 8.44. The lowest BCUT2D eigenvalue weighted by Gasteiger charge is -2.35. The number of hydrogen-bond acceptors (Lipinski definition) is 4. The monoisotopic (exact) mass is 368 g/mol. The minimum atomic E-state index is -2.93. The third kappa shape index (κ3) is 4.49. The number of hydrogen-bond donors (Lipinski definition) is 0. The van der Waals surface area contributed by atoms with Crippen molar-refractivity contribution in [3.05, 3.63) is 29.8 Å². The van der Waals surface area contributed by atoms with Crippen molar-refractivity contribution in [3.63, 3.8) is 0 Å². The molecule has 26 heavy (non-hydrogen) atoms. The van der Waals surface area contributed by atoms with Gasteiger partial charge in [0.1, 0.15) is 5.75 Å². The Balaban J connectivity index is 1.55. The molecular weight excluding hydrogens is 346 g/mol. The lowest BCUT2D eigenvalue weighted by atomic mass is 9.94. The molecule has 0 radical (unpaired) electrons. The summed E-state index contributed by atoms with van der Waals surface area (Å²) in [4.78, 5) is 28.6. The first-order valence-corrected chi connectivity index (χ1v) is 8.75. The minimum absolute atomic E-state index is 0.0387. The second-order valence-electron chi connectivity index (χ2n) is 6.41. The predicted octanol–water partition coefficient (Wildman–Crippen LogP) is 2.00. The van der Waals surface area contributed by atoms with Crippen LogP contribution in [-0.2, 0) is 9.53 Å². The zero-order chi connectivity index (χ0) is 18.5. The van der Waals surface area contributed by atoms with Crippen molar-refractivity contribution >= 4 is 11.8 Å². The Morgan fingerprint density at radius 3 is 2.42 bits per heavy atom. The average molecular weight is 368 g/mol. The average Bonchev–Trinajstić information content (AvgIpc) is 2.67. The minimum Gasteiger partial charge on any atom is -0.435 e. The highest BCUT2D eigenvalue weighted by Crippen LogP contribution is 2.23. The number of nitrogens with zero attached hydrogens (tertiary/aromatic N) is 2. The van der Waals surface area contributed by atoms with E-state index in [1.54, 1.807) is 11.0 Å². The molecule has 0 unspecified atom stereocenters. The third-order valence-corrected chi connectivity index (χ3v) is 4.76. The van der Waals surface area contributed by atoms with Crippen LogP contribution < -0.4 is 4.74 Å². The standard InChI is InChI=1S/C18H22F2N2O4/c19-18(20)26-15-3-1-2-14(12-15)17(24)21-6-4-13(5-7-21)16(23)22-8-10-25-11-9-22/h1-3,12-13,18H,4-11H2. The molecule has 2 fully saturated rings. The zero-order valence-electron chi connectivity index (χ0n) is 14.4. The molecule has 0 bridgehead atoms. The van der Waals surface area contributed by atoms with Crippen molar-refractivity contribution in [3.8, 4) is 5.75 Å². The van der Waals surface area contributed by atoms with Crippen LogP contribution in [0.3, 0.4) is 0 Å². The summed E-state index contributed by atoms with van der Waals surface area (Å²) in [5.41, 5.74) is 0.307. The van der Waals surface area contributed by atoms with Crippen LogP contribution in [0.4, 0.5) is 8.78 Å². The number of rotatable bonds is 4. The van der Waals surface area contributed by atoms with Crippen molar-refractivity contribution in [1.82, 2.24) is 9.80 Å². The largest absolute Gasteiger partial charge is 0.435 e. The van der Waals surface area contributed by atoms with Gasteiger partial charge < -0.3 is 19.3 Å². The summed E-state index contributed by atoms with van der Waals surface area (Å²) in [5, 5.41) is 0. The van der Waals surface area contributed by atoms with E-state index in [1.807, 2.05) is 4.90 Å². The molecule has 2 heterocycles. The van der Waals surface area contributed by atoms with E-state index in [-0.39, 0.29) is 23.5 Å². The van der Waals surface area contributed by atoms with E-state index in [4.69, 9.17) is 4.74 Å². The molecule has 6 nitrogen and oxygen atoms in total. The number of alkyl halides is 2. The van der Waals surface area contributed by atoms with Gasteiger partial charge in [0, 0.05) is 37.7 Å². The first kappa shape index (κ1) is 18.6. The molecule has 2 aliphatic heterocycles. The van der Waals surface area contributed by atoms with E-state index in [0.29, 0.717) is 57.8 Å². The molecule has 3 rings (SSSR count). The summed E-state index contributed by atoms with van der Waals surface area (Å²) >= 11 is 0. The molecule has 0 atom stereocenters. The molecule has 2 amide bonds. The van der Waals surface area contributed by atoms with Gasteiger partial charge in [-0.2, -0.15) is 8.78 Å². The number of benzene rings is 1. The predicted molar refractivity (Wildman–Crippen MR) is 89.1 cm³/mol. The number of likely N-dealkylation sites (tertiary alicyclic amines) is 1. The fraction of sp³-hybridized carbons (Fsp3) is 0.556. The Labute approximate surface area is 150 Å². The fourth-order valence-electron chi connectivity index (χ4n) is 3.36. The molecule has 0 N–H and O–H groups in total. The van der Waals surface area contributed by atoms with Crippen molar-refractivity contribution in [2.24, 2.45) is 5.92 Å². The van der Waals surface area contributed by atoms with Gasteiger partial charge in [-0.15, -0.1) is 0 Å². The quantitative estimate of drug-likeness (QED) is 0.816. The van der Waals surface area contributed by atoms with Crippen LogP contribution in [0.1, 0.15) is 23.2 Å². The van der Waals surface area contributed by atoms with E-state index in [9.17, 15) is 18.4 Å². The Morgan fingerprint density at radius 1 is 1.08 bits per heavy atom. The summed E-state index contributed by atoms with van der Waals surface area (Å²) in [6.07, 6.45) is 1.21. The lowest BCUT2D eigenvalue weighted by molar-refractivity contribution is -0.141. The van der Waals surface area contributed by atoms with Gasteiger partial charge in [0.25, 0.3) is 5.91 Å². The maximum absolute atomic E-state index is 12.6. The lowest BCUT2D eigenvalue weighted by Crippen LogP contribution is -2.47. The normalized spacial score (nSPS) is 18.9. The van der Waals surface area contributed by atoms with Gasteiger partial charge in [0.2, 0.25) is 5.91 Å². The number of piperidine rings is 1. The number of carbonyl (C=O) groups excluding carboxylic acids is 2. The van der Waals surface area contributed by atoms with Crippen LogP contribution >= 0.6 is 0 Å². The summed E-state index contributed by atoms with van der Waals surface area (Å²) < 4.78 is 34.2. The van der Waals surface area contributed by atoms with E-state index in [2.05, 4.69) is 4.74 Å². The molecule has 0 spiro atoms. The Bertz CT molecular complexity index is 642. The number of amides is 2. The van der Waals surface area contributed by atoms with Gasteiger partial charge in [0.15, 0.2) is 0 Å². The number of carbonyl (C=O) groups is 2. The molecule has 142 valence electrons. The van der Waals surface area contributed by atoms with Crippen LogP contribution in [0.15, 0.2) is 24.3 Å². The molecule has 0 saturated carbocycles. The number of ether oxygens (including phenoxy) is 2. The van der Waals surface area contributed by atoms with Gasteiger partial charge in [-0.25, -0.2) is 0 Å². The molecular formula is C18H22F2N2O4. The molecule has 1 aromatic carbocycles. The van der Waals surface area contributed by atoms with Crippen LogP contribution in [0.2, 0.25) is 0 Å². The van der Waals surface area contributed by atoms with Crippen molar-refractivity contribution in [2.45, 2.75) is 19.5 Å². The number of morpholine rings is 1.